The van der Waals surface area contributed by atoms with Crippen molar-refractivity contribution in [2.75, 3.05) is 5.32 Å². The van der Waals surface area contributed by atoms with Gasteiger partial charge in [0.2, 0.25) is 0 Å². The fraction of sp³-hybridized carbons (Fsp3) is 0.400. The van der Waals surface area contributed by atoms with E-state index in [1.54, 1.807) is 0 Å². The first-order valence-electron chi connectivity index (χ1n) is 8.28. The van der Waals surface area contributed by atoms with Gasteiger partial charge in [0.25, 0.3) is 0 Å². The van der Waals surface area contributed by atoms with E-state index in [9.17, 15) is 0 Å². The molecular formula is C20H25NO. The van der Waals surface area contributed by atoms with Gasteiger partial charge in [-0.15, -0.1) is 0 Å². The molecule has 2 aromatic rings. The van der Waals surface area contributed by atoms with Gasteiger partial charge in [0.15, 0.2) is 0 Å². The molecule has 0 unspecified atom stereocenters. The normalized spacial score (nSPS) is 15.0. The number of hydrogen-bond donors (Lipinski definition) is 1. The van der Waals surface area contributed by atoms with Crippen molar-refractivity contribution in [2.45, 2.75) is 52.2 Å². The van der Waals surface area contributed by atoms with E-state index < -0.39 is 0 Å². The molecule has 22 heavy (non-hydrogen) atoms. The lowest BCUT2D eigenvalue weighted by Gasteiger charge is -2.17. The van der Waals surface area contributed by atoms with Gasteiger partial charge in [-0.25, -0.2) is 0 Å². The Balaban J connectivity index is 1.70. The van der Waals surface area contributed by atoms with Crippen LogP contribution >= 0.6 is 0 Å². The molecule has 2 aromatic carbocycles. The Hall–Kier alpha value is -1.96. The van der Waals surface area contributed by atoms with Gasteiger partial charge in [-0.05, 0) is 62.8 Å². The first kappa shape index (κ1) is 15.0. The summed E-state index contributed by atoms with van der Waals surface area (Å²) in [5.74, 6) is 1.03. The molecule has 1 fully saturated rings. The summed E-state index contributed by atoms with van der Waals surface area (Å²) in [4.78, 5) is 0. The third-order valence-electron chi connectivity index (χ3n) is 4.43. The number of rotatable bonds is 5. The van der Waals surface area contributed by atoms with Gasteiger partial charge < -0.3 is 10.1 Å². The molecule has 2 heteroatoms. The molecule has 0 radical (unpaired) electrons. The van der Waals surface area contributed by atoms with Gasteiger partial charge in [-0.3, -0.25) is 0 Å². The second kappa shape index (κ2) is 6.87. The molecule has 0 bridgehead atoms. The van der Waals surface area contributed by atoms with Crippen LogP contribution in [0.3, 0.4) is 0 Å². The lowest BCUT2D eigenvalue weighted by molar-refractivity contribution is 0.208. The van der Waals surface area contributed by atoms with Crippen LogP contribution in [0.15, 0.2) is 42.5 Å². The lowest BCUT2D eigenvalue weighted by atomic mass is 10.1. The van der Waals surface area contributed by atoms with E-state index in [0.717, 1.165) is 12.3 Å². The zero-order valence-electron chi connectivity index (χ0n) is 13.6. The lowest BCUT2D eigenvalue weighted by Crippen LogP contribution is -2.13. The summed E-state index contributed by atoms with van der Waals surface area (Å²) >= 11 is 0. The summed E-state index contributed by atoms with van der Waals surface area (Å²) in [6.07, 6.45) is 5.39. The number of hydrogen-bond acceptors (Lipinski definition) is 2. The average Bonchev–Trinajstić information content (AvgIpc) is 3.02. The highest BCUT2D eigenvalue weighted by atomic mass is 16.5. The Kier molecular flexibility index (Phi) is 4.67. The van der Waals surface area contributed by atoms with Crippen molar-refractivity contribution in [1.29, 1.82) is 0 Å². The van der Waals surface area contributed by atoms with Crippen LogP contribution in [-0.2, 0) is 6.54 Å². The number of ether oxygens (including phenoxy) is 1. The Labute approximate surface area is 133 Å². The second-order valence-electron chi connectivity index (χ2n) is 6.30. The van der Waals surface area contributed by atoms with E-state index in [1.807, 2.05) is 0 Å². The van der Waals surface area contributed by atoms with Crippen molar-refractivity contribution in [2.24, 2.45) is 0 Å². The number of nitrogens with one attached hydrogen (secondary N) is 1. The van der Waals surface area contributed by atoms with Crippen LogP contribution in [0.25, 0.3) is 0 Å². The Bertz CT molecular complexity index is 629. The molecule has 1 N–H and O–H groups in total. The monoisotopic (exact) mass is 295 g/mol. The van der Waals surface area contributed by atoms with Crippen molar-refractivity contribution >= 4 is 5.69 Å². The molecule has 1 saturated carbocycles. The van der Waals surface area contributed by atoms with Crippen molar-refractivity contribution in [3.63, 3.8) is 0 Å². The summed E-state index contributed by atoms with van der Waals surface area (Å²) in [6, 6.07) is 14.9. The van der Waals surface area contributed by atoms with Gasteiger partial charge in [0, 0.05) is 17.8 Å². The van der Waals surface area contributed by atoms with Crippen LogP contribution in [-0.4, -0.2) is 6.10 Å². The van der Waals surface area contributed by atoms with Gasteiger partial charge in [0.05, 0.1) is 6.10 Å². The van der Waals surface area contributed by atoms with Crippen LogP contribution in [0.4, 0.5) is 5.69 Å². The Morgan fingerprint density at radius 1 is 1.05 bits per heavy atom. The molecule has 1 aliphatic carbocycles. The van der Waals surface area contributed by atoms with Crippen molar-refractivity contribution in [3.05, 3.63) is 59.2 Å². The minimum absolute atomic E-state index is 0.404. The highest BCUT2D eigenvalue weighted by Gasteiger charge is 2.17. The fourth-order valence-corrected chi connectivity index (χ4v) is 3.07. The van der Waals surface area contributed by atoms with Crippen LogP contribution in [0.1, 0.15) is 42.4 Å². The summed E-state index contributed by atoms with van der Waals surface area (Å²) in [6.45, 7) is 5.07. The average molecular weight is 295 g/mol. The largest absolute Gasteiger partial charge is 0.490 e. The third-order valence-corrected chi connectivity index (χ3v) is 4.43. The number of anilines is 1. The summed E-state index contributed by atoms with van der Waals surface area (Å²) in [5.41, 5.74) is 4.99. The van der Waals surface area contributed by atoms with Crippen molar-refractivity contribution in [1.82, 2.24) is 0 Å². The highest BCUT2D eigenvalue weighted by molar-refractivity contribution is 5.53. The maximum absolute atomic E-state index is 6.21. The number of benzene rings is 2. The first-order valence-corrected chi connectivity index (χ1v) is 8.28. The Morgan fingerprint density at radius 2 is 1.82 bits per heavy atom. The van der Waals surface area contributed by atoms with E-state index in [1.165, 1.54) is 48.1 Å². The second-order valence-corrected chi connectivity index (χ2v) is 6.30. The third kappa shape index (κ3) is 3.62. The molecule has 2 nitrogen and oxygen atoms in total. The molecule has 1 aliphatic rings. The molecule has 3 rings (SSSR count). The fourth-order valence-electron chi connectivity index (χ4n) is 3.07. The summed E-state index contributed by atoms with van der Waals surface area (Å²) in [5, 5.41) is 3.56. The standard InChI is InChI=1S/C20H25NO/c1-15-11-12-16(2)19(13-15)21-14-17-7-3-6-10-20(17)22-18-8-4-5-9-18/h3,6-7,10-13,18,21H,4-5,8-9,14H2,1-2H3. The smallest absolute Gasteiger partial charge is 0.124 e. The first-order chi connectivity index (χ1) is 10.7. The zero-order valence-corrected chi connectivity index (χ0v) is 13.6. The molecule has 0 aliphatic heterocycles. The van der Waals surface area contributed by atoms with Gasteiger partial charge in [-0.2, -0.15) is 0 Å². The Morgan fingerprint density at radius 3 is 2.64 bits per heavy atom. The summed E-state index contributed by atoms with van der Waals surface area (Å²) in [7, 11) is 0. The predicted molar refractivity (Wildman–Crippen MR) is 92.6 cm³/mol. The molecule has 0 spiro atoms. The van der Waals surface area contributed by atoms with E-state index >= 15 is 0 Å². The minimum Gasteiger partial charge on any atom is -0.490 e. The van der Waals surface area contributed by atoms with Crippen LogP contribution < -0.4 is 10.1 Å². The molecule has 0 heterocycles. The van der Waals surface area contributed by atoms with Crippen LogP contribution in [0.5, 0.6) is 5.75 Å². The number of para-hydroxylation sites is 1. The summed E-state index contributed by atoms with van der Waals surface area (Å²) < 4.78 is 6.21. The molecular weight excluding hydrogens is 270 g/mol. The van der Waals surface area contributed by atoms with E-state index in [0.29, 0.717) is 6.10 Å². The van der Waals surface area contributed by atoms with Crippen LogP contribution in [0.2, 0.25) is 0 Å². The predicted octanol–water partition coefficient (Wildman–Crippen LogP) is 5.24. The molecule has 0 aromatic heterocycles. The van der Waals surface area contributed by atoms with Crippen molar-refractivity contribution in [3.8, 4) is 5.75 Å². The SMILES string of the molecule is Cc1ccc(C)c(NCc2ccccc2OC2CCCC2)c1. The maximum atomic E-state index is 6.21. The van der Waals surface area contributed by atoms with Gasteiger partial charge >= 0.3 is 0 Å². The van der Waals surface area contributed by atoms with Gasteiger partial charge in [0.1, 0.15) is 5.75 Å². The quantitative estimate of drug-likeness (QED) is 0.814. The highest BCUT2D eigenvalue weighted by Crippen LogP contribution is 2.27. The van der Waals surface area contributed by atoms with Crippen LogP contribution in [0, 0.1) is 13.8 Å². The zero-order chi connectivity index (χ0) is 15.4. The molecule has 0 atom stereocenters. The van der Waals surface area contributed by atoms with Crippen molar-refractivity contribution < 1.29 is 4.74 Å². The minimum atomic E-state index is 0.404. The van der Waals surface area contributed by atoms with Gasteiger partial charge in [-0.1, -0.05) is 30.3 Å². The molecule has 0 saturated heterocycles. The topological polar surface area (TPSA) is 21.3 Å². The van der Waals surface area contributed by atoms with E-state index in [4.69, 9.17) is 4.74 Å². The van der Waals surface area contributed by atoms with E-state index in [2.05, 4.69) is 61.6 Å². The molecule has 116 valence electrons. The van der Waals surface area contributed by atoms with E-state index in [-0.39, 0.29) is 0 Å². The maximum Gasteiger partial charge on any atom is 0.124 e. The number of aryl methyl sites for hydroxylation is 2. The molecule has 0 amide bonds.